The highest BCUT2D eigenvalue weighted by Gasteiger charge is 2.25. The Bertz CT molecular complexity index is 1080. The van der Waals surface area contributed by atoms with E-state index in [0.29, 0.717) is 12.8 Å². The standard InChI is InChI=1S/C39H64NO8P/c1-3-5-7-9-11-13-15-17-18-20-21-23-25-27-29-31-38(41)45-35-37(36-47-49(43,44)46-34-33-40)48-39(42)32-30-28-26-24-22-19-16-14-12-10-8-6-4-2/h5-16,19,22,37H,3-4,17-18,20-21,23-36,40H2,1-2H3,(H,43,44)/b7-5+,8-6+,11-9+,12-10+,15-13+,16-14+,22-19+. The van der Waals surface area contributed by atoms with Gasteiger partial charge in [-0.05, 0) is 51.4 Å². The first-order chi connectivity index (χ1) is 23.8. The minimum atomic E-state index is -4.39. The number of unbranched alkanes of at least 4 members (excludes halogenated alkanes) is 10. The number of hydrogen-bond donors (Lipinski definition) is 2. The fourth-order valence-corrected chi connectivity index (χ4v) is 5.05. The number of rotatable bonds is 32. The van der Waals surface area contributed by atoms with Crippen molar-refractivity contribution in [1.29, 1.82) is 0 Å². The van der Waals surface area contributed by atoms with Gasteiger partial charge < -0.3 is 20.1 Å². The Balaban J connectivity index is 4.35. The SMILES string of the molecule is CC/C=C/C=C/C=C/C=C/CCCCCC(=O)OC(COC(=O)CCCCCCCCC/C=C/C=C/C=C/CC)COP(=O)(O)OCCN. The minimum absolute atomic E-state index is 0.0396. The van der Waals surface area contributed by atoms with Gasteiger partial charge in [0.05, 0.1) is 13.2 Å². The molecular formula is C39H64NO8P. The Morgan fingerprint density at radius 2 is 1.06 bits per heavy atom. The van der Waals surface area contributed by atoms with E-state index in [-0.39, 0.29) is 32.6 Å². The first-order valence-corrected chi connectivity index (χ1v) is 19.6. The van der Waals surface area contributed by atoms with Gasteiger partial charge in [-0.1, -0.05) is 137 Å². The summed E-state index contributed by atoms with van der Waals surface area (Å²) < 4.78 is 32.5. The molecule has 0 aromatic carbocycles. The maximum absolute atomic E-state index is 12.5. The predicted molar refractivity (Wildman–Crippen MR) is 201 cm³/mol. The number of nitrogens with two attached hydrogens (primary N) is 1. The largest absolute Gasteiger partial charge is 0.472 e. The topological polar surface area (TPSA) is 134 Å². The summed E-state index contributed by atoms with van der Waals surface area (Å²) in [6.07, 6.45) is 41.9. The summed E-state index contributed by atoms with van der Waals surface area (Å²) in [6, 6.07) is 0. The molecule has 49 heavy (non-hydrogen) atoms. The maximum atomic E-state index is 12.5. The fourth-order valence-electron chi connectivity index (χ4n) is 4.29. The van der Waals surface area contributed by atoms with E-state index < -0.39 is 32.5 Å². The van der Waals surface area contributed by atoms with Crippen molar-refractivity contribution in [2.75, 3.05) is 26.4 Å². The van der Waals surface area contributed by atoms with Crippen LogP contribution in [0, 0.1) is 0 Å². The van der Waals surface area contributed by atoms with Gasteiger partial charge >= 0.3 is 19.8 Å². The second-order valence-electron chi connectivity index (χ2n) is 11.5. The summed E-state index contributed by atoms with van der Waals surface area (Å²) in [5.41, 5.74) is 5.32. The maximum Gasteiger partial charge on any atom is 0.472 e. The average Bonchev–Trinajstić information content (AvgIpc) is 3.08. The van der Waals surface area contributed by atoms with E-state index >= 15 is 0 Å². The molecule has 0 fully saturated rings. The third kappa shape index (κ3) is 34.8. The van der Waals surface area contributed by atoms with Gasteiger partial charge in [-0.15, -0.1) is 0 Å². The van der Waals surface area contributed by atoms with Crippen molar-refractivity contribution in [3.05, 3.63) is 85.1 Å². The number of hydrogen-bond acceptors (Lipinski definition) is 8. The second-order valence-corrected chi connectivity index (χ2v) is 12.9. The van der Waals surface area contributed by atoms with E-state index in [4.69, 9.17) is 24.3 Å². The van der Waals surface area contributed by atoms with Gasteiger partial charge in [0.25, 0.3) is 0 Å². The summed E-state index contributed by atoms with van der Waals surface area (Å²) in [4.78, 5) is 34.7. The normalized spacial score (nSPS) is 14.4. The van der Waals surface area contributed by atoms with Crippen molar-refractivity contribution < 1.29 is 37.6 Å². The van der Waals surface area contributed by atoms with Crippen molar-refractivity contribution in [2.24, 2.45) is 5.73 Å². The lowest BCUT2D eigenvalue weighted by Crippen LogP contribution is -2.29. The molecule has 2 atom stereocenters. The van der Waals surface area contributed by atoms with E-state index in [0.717, 1.165) is 57.8 Å². The molecule has 9 nitrogen and oxygen atoms in total. The van der Waals surface area contributed by atoms with E-state index in [1.165, 1.54) is 19.3 Å². The highest BCUT2D eigenvalue weighted by atomic mass is 31.2. The monoisotopic (exact) mass is 705 g/mol. The molecular weight excluding hydrogens is 641 g/mol. The smallest absolute Gasteiger partial charge is 0.462 e. The van der Waals surface area contributed by atoms with Crippen LogP contribution in [-0.4, -0.2) is 49.3 Å². The quantitative estimate of drug-likeness (QED) is 0.0304. The summed E-state index contributed by atoms with van der Waals surface area (Å²) >= 11 is 0. The Morgan fingerprint density at radius 3 is 1.59 bits per heavy atom. The van der Waals surface area contributed by atoms with Crippen LogP contribution < -0.4 is 5.73 Å². The zero-order valence-corrected chi connectivity index (χ0v) is 31.0. The lowest BCUT2D eigenvalue weighted by atomic mass is 10.1. The van der Waals surface area contributed by atoms with Gasteiger partial charge in [0, 0.05) is 19.4 Å². The molecule has 0 saturated carbocycles. The van der Waals surface area contributed by atoms with Crippen LogP contribution in [0.2, 0.25) is 0 Å². The van der Waals surface area contributed by atoms with Crippen molar-refractivity contribution in [2.45, 2.75) is 123 Å². The third-order valence-corrected chi connectivity index (χ3v) is 7.92. The van der Waals surface area contributed by atoms with Crippen LogP contribution in [0.5, 0.6) is 0 Å². The highest BCUT2D eigenvalue weighted by molar-refractivity contribution is 7.47. The molecule has 0 heterocycles. The van der Waals surface area contributed by atoms with Crippen LogP contribution in [0.3, 0.4) is 0 Å². The van der Waals surface area contributed by atoms with Crippen LogP contribution in [-0.2, 0) is 32.7 Å². The molecule has 0 aromatic rings. The molecule has 0 spiro atoms. The summed E-state index contributed by atoms with van der Waals surface area (Å²) in [6.45, 7) is 3.35. The van der Waals surface area contributed by atoms with Crippen molar-refractivity contribution in [3.63, 3.8) is 0 Å². The van der Waals surface area contributed by atoms with Gasteiger partial charge in [0.15, 0.2) is 6.10 Å². The third-order valence-electron chi connectivity index (χ3n) is 6.93. The molecule has 0 rings (SSSR count). The van der Waals surface area contributed by atoms with Crippen LogP contribution in [0.1, 0.15) is 117 Å². The zero-order chi connectivity index (χ0) is 36.1. The molecule has 278 valence electrons. The van der Waals surface area contributed by atoms with Gasteiger partial charge in [-0.2, -0.15) is 0 Å². The molecule has 0 bridgehead atoms. The van der Waals surface area contributed by atoms with Gasteiger partial charge in [0.1, 0.15) is 6.61 Å². The molecule has 0 aliphatic rings. The predicted octanol–water partition coefficient (Wildman–Crippen LogP) is 9.71. The number of esters is 2. The van der Waals surface area contributed by atoms with Crippen molar-refractivity contribution in [3.8, 4) is 0 Å². The van der Waals surface area contributed by atoms with Crippen molar-refractivity contribution in [1.82, 2.24) is 0 Å². The highest BCUT2D eigenvalue weighted by Crippen LogP contribution is 2.43. The molecule has 0 aliphatic heterocycles. The first-order valence-electron chi connectivity index (χ1n) is 18.1. The number of carbonyl (C=O) groups excluding carboxylic acids is 2. The lowest BCUT2D eigenvalue weighted by Gasteiger charge is -2.19. The second kappa shape index (κ2) is 35.0. The lowest BCUT2D eigenvalue weighted by molar-refractivity contribution is -0.161. The van der Waals surface area contributed by atoms with Crippen LogP contribution >= 0.6 is 7.82 Å². The number of ether oxygens (including phenoxy) is 2. The number of phosphoric ester groups is 1. The van der Waals surface area contributed by atoms with Gasteiger partial charge in [-0.3, -0.25) is 18.6 Å². The molecule has 10 heteroatoms. The zero-order valence-electron chi connectivity index (χ0n) is 30.1. The molecule has 0 saturated heterocycles. The van der Waals surface area contributed by atoms with Crippen LogP contribution in [0.25, 0.3) is 0 Å². The average molecular weight is 706 g/mol. The Labute approximate surface area is 296 Å². The van der Waals surface area contributed by atoms with Crippen LogP contribution in [0.4, 0.5) is 0 Å². The Hall–Kier alpha value is -2.81. The Kier molecular flexibility index (Phi) is 33.0. The van der Waals surface area contributed by atoms with Crippen LogP contribution in [0.15, 0.2) is 85.1 Å². The minimum Gasteiger partial charge on any atom is -0.462 e. The first kappa shape index (κ1) is 46.2. The van der Waals surface area contributed by atoms with E-state index in [1.807, 2.05) is 42.5 Å². The fraction of sp³-hybridized carbons (Fsp3) is 0.590. The number of carbonyl (C=O) groups is 2. The molecule has 0 radical (unpaired) electrons. The summed E-state index contributed by atoms with van der Waals surface area (Å²) in [5.74, 6) is -0.902. The summed E-state index contributed by atoms with van der Waals surface area (Å²) in [5, 5.41) is 0. The van der Waals surface area contributed by atoms with E-state index in [2.05, 4.69) is 56.4 Å². The molecule has 0 amide bonds. The van der Waals surface area contributed by atoms with Crippen molar-refractivity contribution >= 4 is 19.8 Å². The number of phosphoric acid groups is 1. The van der Waals surface area contributed by atoms with E-state index in [9.17, 15) is 19.0 Å². The van der Waals surface area contributed by atoms with Gasteiger partial charge in [0.2, 0.25) is 0 Å². The Morgan fingerprint density at radius 1 is 0.612 bits per heavy atom. The number of allylic oxidation sites excluding steroid dienone is 14. The molecule has 2 unspecified atom stereocenters. The molecule has 0 aromatic heterocycles. The summed E-state index contributed by atoms with van der Waals surface area (Å²) in [7, 11) is -4.39. The van der Waals surface area contributed by atoms with E-state index in [1.54, 1.807) is 0 Å². The van der Waals surface area contributed by atoms with Gasteiger partial charge in [-0.25, -0.2) is 4.57 Å². The molecule has 3 N–H and O–H groups in total. The molecule has 0 aliphatic carbocycles.